The summed E-state index contributed by atoms with van der Waals surface area (Å²) in [7, 11) is 1.65. The van der Waals surface area contributed by atoms with Gasteiger partial charge in [0.2, 0.25) is 0 Å². The number of carbonyl (C=O) groups is 1. The summed E-state index contributed by atoms with van der Waals surface area (Å²) in [6, 6.07) is 13.8. The van der Waals surface area contributed by atoms with Crippen molar-refractivity contribution >= 4 is 11.6 Å². The number of nitrogens with zero attached hydrogens (tertiary/aromatic N) is 2. The molecule has 3 aromatic rings. The molecule has 0 unspecified atom stereocenters. The van der Waals surface area contributed by atoms with Gasteiger partial charge < -0.3 is 15.4 Å². The summed E-state index contributed by atoms with van der Waals surface area (Å²) in [5.41, 5.74) is 4.95. The number of carbonyl (C=O) groups excluding carboxylic acids is 1. The number of hydrogen-bond acceptors (Lipinski definition) is 4. The molecule has 27 heavy (non-hydrogen) atoms. The van der Waals surface area contributed by atoms with Crippen molar-refractivity contribution in [2.75, 3.05) is 19.0 Å². The summed E-state index contributed by atoms with van der Waals surface area (Å²) in [6.45, 7) is 2.43. The van der Waals surface area contributed by atoms with Gasteiger partial charge in [0.15, 0.2) is 0 Å². The summed E-state index contributed by atoms with van der Waals surface area (Å²) in [5, 5.41) is 10.6. The Labute approximate surface area is 158 Å². The zero-order chi connectivity index (χ0) is 18.6. The molecule has 0 radical (unpaired) electrons. The van der Waals surface area contributed by atoms with Crippen molar-refractivity contribution in [1.82, 2.24) is 15.1 Å². The summed E-state index contributed by atoms with van der Waals surface area (Å²) in [5.74, 6) is 0.702. The van der Waals surface area contributed by atoms with Crippen LogP contribution in [0.1, 0.15) is 27.0 Å². The number of anilines is 1. The Morgan fingerprint density at radius 1 is 1.26 bits per heavy atom. The van der Waals surface area contributed by atoms with Crippen LogP contribution in [0, 0.1) is 0 Å². The minimum Gasteiger partial charge on any atom is -0.497 e. The molecule has 2 heterocycles. The van der Waals surface area contributed by atoms with Crippen LogP contribution in [0.4, 0.5) is 5.69 Å². The molecule has 2 N–H and O–H groups in total. The second-order valence-corrected chi connectivity index (χ2v) is 6.64. The Kier molecular flexibility index (Phi) is 4.89. The van der Waals surface area contributed by atoms with Crippen molar-refractivity contribution in [2.45, 2.75) is 19.5 Å². The van der Waals surface area contributed by atoms with Gasteiger partial charge in [0.1, 0.15) is 5.75 Å². The van der Waals surface area contributed by atoms with Gasteiger partial charge in [0.05, 0.1) is 25.5 Å². The molecule has 1 aliphatic rings. The number of fused-ring (bicyclic) bond motifs is 1. The van der Waals surface area contributed by atoms with Gasteiger partial charge in [-0.15, -0.1) is 0 Å². The molecular weight excluding hydrogens is 340 g/mol. The maximum absolute atomic E-state index is 12.6. The third-order valence-electron chi connectivity index (χ3n) is 4.72. The molecule has 0 atom stereocenters. The summed E-state index contributed by atoms with van der Waals surface area (Å²) >= 11 is 0. The minimum absolute atomic E-state index is 0.114. The topological polar surface area (TPSA) is 68.2 Å². The number of amides is 1. The second kappa shape index (κ2) is 7.63. The van der Waals surface area contributed by atoms with Crippen molar-refractivity contribution < 1.29 is 9.53 Å². The summed E-state index contributed by atoms with van der Waals surface area (Å²) in [6.07, 6.45) is 4.45. The van der Waals surface area contributed by atoms with Crippen molar-refractivity contribution in [2.24, 2.45) is 0 Å². The highest BCUT2D eigenvalue weighted by Gasteiger charge is 2.13. The average Bonchev–Trinajstić information content (AvgIpc) is 3.14. The van der Waals surface area contributed by atoms with Crippen LogP contribution in [-0.2, 0) is 19.5 Å². The van der Waals surface area contributed by atoms with Crippen LogP contribution >= 0.6 is 0 Å². The normalized spacial score (nSPS) is 13.1. The molecule has 0 fully saturated rings. The smallest absolute Gasteiger partial charge is 0.255 e. The first kappa shape index (κ1) is 17.3. The number of ether oxygens (including phenoxy) is 1. The van der Waals surface area contributed by atoms with E-state index in [1.165, 1.54) is 11.1 Å². The van der Waals surface area contributed by atoms with Crippen LogP contribution in [0.15, 0.2) is 54.9 Å². The lowest BCUT2D eigenvalue weighted by Crippen LogP contribution is -2.24. The van der Waals surface area contributed by atoms with Crippen molar-refractivity contribution in [3.05, 3.63) is 77.1 Å². The Hall–Kier alpha value is -3.12. The van der Waals surface area contributed by atoms with Crippen LogP contribution in [0.5, 0.6) is 5.75 Å². The standard InChI is InChI=1S/C21H22N4O2/c1-27-20-4-2-3-15(9-20)13-25-14-19(12-23-25)24-21(26)17-5-6-18-11-22-8-7-16(18)10-17/h2-6,9-10,12,14,22H,7-8,11,13H2,1H3,(H,24,26). The fourth-order valence-electron chi connectivity index (χ4n) is 3.29. The van der Waals surface area contributed by atoms with E-state index in [0.717, 1.165) is 30.8 Å². The largest absolute Gasteiger partial charge is 0.497 e. The van der Waals surface area contributed by atoms with E-state index in [0.29, 0.717) is 17.8 Å². The predicted octanol–water partition coefficient (Wildman–Crippen LogP) is 2.84. The van der Waals surface area contributed by atoms with E-state index >= 15 is 0 Å². The Morgan fingerprint density at radius 3 is 3.07 bits per heavy atom. The van der Waals surface area contributed by atoms with E-state index in [4.69, 9.17) is 4.74 Å². The molecule has 2 aromatic carbocycles. The Morgan fingerprint density at radius 2 is 2.19 bits per heavy atom. The quantitative estimate of drug-likeness (QED) is 0.732. The molecule has 0 saturated carbocycles. The first-order valence-corrected chi connectivity index (χ1v) is 9.00. The molecule has 0 spiro atoms. The van der Waals surface area contributed by atoms with Crippen LogP contribution in [0.2, 0.25) is 0 Å². The lowest BCUT2D eigenvalue weighted by Gasteiger charge is -2.17. The first-order valence-electron chi connectivity index (χ1n) is 9.00. The van der Waals surface area contributed by atoms with Crippen LogP contribution in [-0.4, -0.2) is 29.3 Å². The maximum Gasteiger partial charge on any atom is 0.255 e. The van der Waals surface area contributed by atoms with E-state index in [-0.39, 0.29) is 5.91 Å². The van der Waals surface area contributed by atoms with E-state index in [9.17, 15) is 4.79 Å². The van der Waals surface area contributed by atoms with Gasteiger partial charge >= 0.3 is 0 Å². The van der Waals surface area contributed by atoms with Crippen molar-refractivity contribution in [3.63, 3.8) is 0 Å². The second-order valence-electron chi connectivity index (χ2n) is 6.64. The van der Waals surface area contributed by atoms with E-state index in [1.807, 2.05) is 48.7 Å². The number of methoxy groups -OCH3 is 1. The molecule has 1 aliphatic heterocycles. The summed E-state index contributed by atoms with van der Waals surface area (Å²) < 4.78 is 7.04. The average molecular weight is 362 g/mol. The van der Waals surface area contributed by atoms with Gasteiger partial charge in [0.25, 0.3) is 5.91 Å². The fraction of sp³-hybridized carbons (Fsp3) is 0.238. The number of hydrogen-bond donors (Lipinski definition) is 2. The molecular formula is C21H22N4O2. The highest BCUT2D eigenvalue weighted by Crippen LogP contribution is 2.18. The van der Waals surface area contributed by atoms with Crippen molar-refractivity contribution in [3.8, 4) is 5.75 Å². The van der Waals surface area contributed by atoms with Gasteiger partial charge in [-0.2, -0.15) is 5.10 Å². The van der Waals surface area contributed by atoms with Gasteiger partial charge in [0, 0.05) is 18.3 Å². The number of benzene rings is 2. The Balaban J connectivity index is 1.43. The first-order chi connectivity index (χ1) is 13.2. The zero-order valence-corrected chi connectivity index (χ0v) is 15.2. The molecule has 1 aromatic heterocycles. The van der Waals surface area contributed by atoms with Gasteiger partial charge in [-0.05, 0) is 53.9 Å². The third-order valence-corrected chi connectivity index (χ3v) is 4.72. The summed E-state index contributed by atoms with van der Waals surface area (Å²) in [4.78, 5) is 12.6. The number of nitrogens with one attached hydrogen (secondary N) is 2. The van der Waals surface area contributed by atoms with Crippen LogP contribution in [0.3, 0.4) is 0 Å². The monoisotopic (exact) mass is 362 g/mol. The molecule has 0 bridgehead atoms. The highest BCUT2D eigenvalue weighted by molar-refractivity contribution is 6.04. The molecule has 1 amide bonds. The SMILES string of the molecule is COc1cccc(Cn2cc(NC(=O)c3ccc4c(c3)CCNC4)cn2)c1. The van der Waals surface area contributed by atoms with E-state index < -0.39 is 0 Å². The highest BCUT2D eigenvalue weighted by atomic mass is 16.5. The number of rotatable bonds is 5. The number of aromatic nitrogens is 2. The third kappa shape index (κ3) is 4.01. The maximum atomic E-state index is 12.6. The lowest BCUT2D eigenvalue weighted by atomic mass is 9.98. The Bertz CT molecular complexity index is 964. The molecule has 6 nitrogen and oxygen atoms in total. The molecule has 4 rings (SSSR count). The lowest BCUT2D eigenvalue weighted by molar-refractivity contribution is 0.102. The molecule has 6 heteroatoms. The fourth-order valence-corrected chi connectivity index (χ4v) is 3.29. The molecule has 0 saturated heterocycles. The minimum atomic E-state index is -0.114. The molecule has 138 valence electrons. The van der Waals surface area contributed by atoms with Gasteiger partial charge in [-0.25, -0.2) is 0 Å². The van der Waals surface area contributed by atoms with Crippen LogP contribution < -0.4 is 15.4 Å². The van der Waals surface area contributed by atoms with Crippen molar-refractivity contribution in [1.29, 1.82) is 0 Å². The van der Waals surface area contributed by atoms with E-state index in [2.05, 4.69) is 15.7 Å². The van der Waals surface area contributed by atoms with Gasteiger partial charge in [-0.1, -0.05) is 18.2 Å². The zero-order valence-electron chi connectivity index (χ0n) is 15.2. The van der Waals surface area contributed by atoms with Crippen LogP contribution in [0.25, 0.3) is 0 Å². The molecule has 0 aliphatic carbocycles. The van der Waals surface area contributed by atoms with Gasteiger partial charge in [-0.3, -0.25) is 9.48 Å². The predicted molar refractivity (Wildman–Crippen MR) is 104 cm³/mol. The van der Waals surface area contributed by atoms with E-state index in [1.54, 1.807) is 18.0 Å².